The van der Waals surface area contributed by atoms with Crippen molar-refractivity contribution < 1.29 is 4.42 Å². The van der Waals surface area contributed by atoms with Crippen LogP contribution in [0.15, 0.2) is 209 Å². The first kappa shape index (κ1) is 32.5. The molecule has 1 aliphatic rings. The van der Waals surface area contributed by atoms with Crippen molar-refractivity contribution in [2.75, 3.05) is 0 Å². The van der Waals surface area contributed by atoms with Crippen LogP contribution < -0.4 is 5.32 Å². The van der Waals surface area contributed by atoms with Crippen molar-refractivity contribution in [1.29, 1.82) is 0 Å². The zero-order chi connectivity index (χ0) is 38.2. The van der Waals surface area contributed by atoms with Gasteiger partial charge in [0.1, 0.15) is 22.8 Å². The van der Waals surface area contributed by atoms with E-state index in [0.717, 1.165) is 88.7 Å². The van der Waals surface area contributed by atoms with E-state index in [1.165, 1.54) is 21.7 Å². The molecule has 5 nitrogen and oxygen atoms in total. The van der Waals surface area contributed by atoms with E-state index < -0.39 is 6.17 Å². The van der Waals surface area contributed by atoms with E-state index in [-0.39, 0.29) is 0 Å². The van der Waals surface area contributed by atoms with Crippen LogP contribution in [0, 0.1) is 0 Å². The predicted molar refractivity (Wildman–Crippen MR) is 240 cm³/mol. The molecular formula is C53H34N4O. The molecule has 58 heavy (non-hydrogen) atoms. The second-order valence-electron chi connectivity index (χ2n) is 15.0. The lowest BCUT2D eigenvalue weighted by Crippen LogP contribution is -2.36. The summed E-state index contributed by atoms with van der Waals surface area (Å²) in [5, 5.41) is 12.8. The largest absolute Gasteiger partial charge is 0.456 e. The number of fused-ring (bicyclic) bond motifs is 8. The number of hydrogen-bond acceptors (Lipinski definition) is 4. The number of aliphatic imine (C=N–C) groups is 2. The summed E-state index contributed by atoms with van der Waals surface area (Å²) in [6.45, 7) is 0. The van der Waals surface area contributed by atoms with Crippen molar-refractivity contribution >= 4 is 77.0 Å². The fourth-order valence-electron chi connectivity index (χ4n) is 8.89. The van der Waals surface area contributed by atoms with Gasteiger partial charge in [0.25, 0.3) is 0 Å². The molecule has 0 aliphatic carbocycles. The maximum absolute atomic E-state index is 6.41. The van der Waals surface area contributed by atoms with Gasteiger partial charge in [0, 0.05) is 43.9 Å². The number of hydrogen-bond donors (Lipinski definition) is 1. The molecule has 0 spiro atoms. The Morgan fingerprint density at radius 2 is 1.03 bits per heavy atom. The van der Waals surface area contributed by atoms with Gasteiger partial charge in [-0.15, -0.1) is 0 Å². The number of amidine groups is 2. The summed E-state index contributed by atoms with van der Waals surface area (Å²) in [6.07, 6.45) is -0.568. The zero-order valence-corrected chi connectivity index (χ0v) is 31.3. The van der Waals surface area contributed by atoms with E-state index in [1.54, 1.807) is 0 Å². The Bertz CT molecular complexity index is 3480. The summed E-state index contributed by atoms with van der Waals surface area (Å²) in [4.78, 5) is 11.1. The normalized spacial score (nSPS) is 14.4. The Morgan fingerprint density at radius 1 is 0.414 bits per heavy atom. The molecule has 5 heteroatoms. The Kier molecular flexibility index (Phi) is 7.23. The Labute approximate surface area is 333 Å². The SMILES string of the molecule is c1ccc(C2=NC(c3c4ccccc4cc4c5ccccc5n(-c5cccc(-c6ccccc6)c5)c34)N=C(c3ccc4oc5cc6ccccc6cc5c4c3)N2)cc1. The highest BCUT2D eigenvalue weighted by atomic mass is 16.3. The quantitative estimate of drug-likeness (QED) is 0.191. The Hall–Kier alpha value is -7.76. The lowest BCUT2D eigenvalue weighted by molar-refractivity contribution is 0.669. The minimum absolute atomic E-state index is 0.568. The number of nitrogens with one attached hydrogen (secondary N) is 1. The van der Waals surface area contributed by atoms with Crippen LogP contribution in [0.3, 0.4) is 0 Å². The van der Waals surface area contributed by atoms with Gasteiger partial charge >= 0.3 is 0 Å². The van der Waals surface area contributed by atoms with Crippen LogP contribution in [0.1, 0.15) is 22.9 Å². The van der Waals surface area contributed by atoms with E-state index >= 15 is 0 Å². The number of nitrogens with zero attached hydrogens (tertiary/aromatic N) is 3. The summed E-state index contributed by atoms with van der Waals surface area (Å²) < 4.78 is 8.83. The van der Waals surface area contributed by atoms with Gasteiger partial charge in [-0.1, -0.05) is 140 Å². The number of rotatable bonds is 5. The average Bonchev–Trinajstić information content (AvgIpc) is 3.82. The second-order valence-corrected chi connectivity index (χ2v) is 15.0. The Morgan fingerprint density at radius 3 is 1.84 bits per heavy atom. The molecule has 9 aromatic carbocycles. The van der Waals surface area contributed by atoms with E-state index in [9.17, 15) is 0 Å². The molecule has 12 rings (SSSR count). The van der Waals surface area contributed by atoms with Crippen LogP contribution in [0.5, 0.6) is 0 Å². The van der Waals surface area contributed by atoms with Crippen molar-refractivity contribution in [3.8, 4) is 16.8 Å². The lowest BCUT2D eigenvalue weighted by atomic mass is 9.97. The number of furan rings is 1. The smallest absolute Gasteiger partial charge is 0.172 e. The minimum atomic E-state index is -0.568. The molecule has 0 saturated heterocycles. The standard InChI is InChI=1S/C53H34N4O/c1-3-14-33(15-4-1)35-21-13-22-40(28-35)57-46-25-12-11-24-42(46)45-30-38-20-9-10-23-41(38)49(50(45)57)53-55-51(34-16-5-2-6-17-34)54-52(56-53)39-26-27-47-43(31-39)44-29-36-18-7-8-19-37(36)32-48(44)58-47/h1-32,53H,(H,54,55,56). The van der Waals surface area contributed by atoms with E-state index in [2.05, 4.69) is 198 Å². The van der Waals surface area contributed by atoms with Crippen LogP contribution in [0.2, 0.25) is 0 Å². The number of benzene rings is 9. The summed E-state index contributed by atoms with van der Waals surface area (Å²) >= 11 is 0. The fourth-order valence-corrected chi connectivity index (χ4v) is 8.89. The Balaban J connectivity index is 1.13. The number of aromatic nitrogens is 1. The fraction of sp³-hybridized carbons (Fsp3) is 0.0189. The third-order valence-corrected chi connectivity index (χ3v) is 11.6. The maximum Gasteiger partial charge on any atom is 0.172 e. The average molecular weight is 743 g/mol. The van der Waals surface area contributed by atoms with E-state index in [4.69, 9.17) is 14.4 Å². The van der Waals surface area contributed by atoms with Crippen molar-refractivity contribution in [3.63, 3.8) is 0 Å². The van der Waals surface area contributed by atoms with Gasteiger partial charge in [0.15, 0.2) is 6.17 Å². The molecule has 3 heterocycles. The summed E-state index contributed by atoms with van der Waals surface area (Å²) in [6, 6.07) is 68.7. The van der Waals surface area contributed by atoms with Crippen molar-refractivity contribution in [2.45, 2.75) is 6.17 Å². The summed E-state index contributed by atoms with van der Waals surface area (Å²) in [5.74, 6) is 1.53. The highest BCUT2D eigenvalue weighted by Crippen LogP contribution is 2.43. The third-order valence-electron chi connectivity index (χ3n) is 11.6. The predicted octanol–water partition coefficient (Wildman–Crippen LogP) is 13.2. The maximum atomic E-state index is 6.41. The summed E-state index contributed by atoms with van der Waals surface area (Å²) in [5.41, 5.74) is 10.4. The van der Waals surface area contributed by atoms with Crippen molar-refractivity contribution in [2.24, 2.45) is 9.98 Å². The second kappa shape index (κ2) is 12.9. The molecule has 1 unspecified atom stereocenters. The molecule has 0 saturated carbocycles. The van der Waals surface area contributed by atoms with Gasteiger partial charge in [-0.2, -0.15) is 0 Å². The van der Waals surface area contributed by atoms with Crippen molar-refractivity contribution in [1.82, 2.24) is 9.88 Å². The first-order valence-corrected chi connectivity index (χ1v) is 19.7. The topological polar surface area (TPSA) is 54.8 Å². The first-order valence-electron chi connectivity index (χ1n) is 19.7. The molecule has 0 fully saturated rings. The molecule has 0 amide bonds. The van der Waals surface area contributed by atoms with Gasteiger partial charge in [-0.3, -0.25) is 0 Å². The molecule has 11 aromatic rings. The monoisotopic (exact) mass is 742 g/mol. The van der Waals surface area contributed by atoms with Crippen LogP contribution in [-0.2, 0) is 0 Å². The van der Waals surface area contributed by atoms with Gasteiger partial charge in [-0.05, 0) is 87.3 Å². The highest BCUT2D eigenvalue weighted by Gasteiger charge is 2.28. The van der Waals surface area contributed by atoms with Gasteiger partial charge in [-0.25, -0.2) is 9.98 Å². The van der Waals surface area contributed by atoms with Gasteiger partial charge < -0.3 is 14.3 Å². The first-order chi connectivity index (χ1) is 28.7. The van der Waals surface area contributed by atoms with Crippen molar-refractivity contribution in [3.05, 3.63) is 211 Å². The minimum Gasteiger partial charge on any atom is -0.456 e. The molecule has 272 valence electrons. The molecule has 1 aliphatic heterocycles. The van der Waals surface area contributed by atoms with Crippen LogP contribution in [0.25, 0.3) is 82.1 Å². The molecule has 1 N–H and O–H groups in total. The van der Waals surface area contributed by atoms with Crippen LogP contribution in [0.4, 0.5) is 0 Å². The molecule has 2 aromatic heterocycles. The number of para-hydroxylation sites is 1. The van der Waals surface area contributed by atoms with E-state index in [1.807, 2.05) is 6.07 Å². The molecular weight excluding hydrogens is 709 g/mol. The zero-order valence-electron chi connectivity index (χ0n) is 31.3. The van der Waals surface area contributed by atoms with Gasteiger partial charge in [0.2, 0.25) is 0 Å². The van der Waals surface area contributed by atoms with E-state index in [0.29, 0.717) is 0 Å². The van der Waals surface area contributed by atoms with Crippen LogP contribution in [-0.4, -0.2) is 16.2 Å². The lowest BCUT2D eigenvalue weighted by Gasteiger charge is -2.24. The van der Waals surface area contributed by atoms with Gasteiger partial charge in [0.05, 0.1) is 11.0 Å². The summed E-state index contributed by atoms with van der Waals surface area (Å²) in [7, 11) is 0. The third kappa shape index (κ3) is 5.17. The van der Waals surface area contributed by atoms with Crippen LogP contribution >= 0.6 is 0 Å². The molecule has 0 radical (unpaired) electrons. The molecule has 0 bridgehead atoms. The molecule has 1 atom stereocenters. The highest BCUT2D eigenvalue weighted by molar-refractivity contribution is 6.20.